The van der Waals surface area contributed by atoms with Gasteiger partial charge in [-0.25, -0.2) is 4.68 Å². The van der Waals surface area contributed by atoms with Gasteiger partial charge in [0, 0.05) is 31.4 Å². The molecule has 0 bridgehead atoms. The van der Waals surface area contributed by atoms with Crippen molar-refractivity contribution < 1.29 is 9.53 Å². The highest BCUT2D eigenvalue weighted by atomic mass is 35.5. The monoisotopic (exact) mass is 361 g/mol. The van der Waals surface area contributed by atoms with Gasteiger partial charge in [0.15, 0.2) is 0 Å². The van der Waals surface area contributed by atoms with E-state index in [1.165, 1.54) is 0 Å². The van der Waals surface area contributed by atoms with E-state index in [9.17, 15) is 4.79 Å². The third-order valence-corrected chi connectivity index (χ3v) is 4.96. The summed E-state index contributed by atoms with van der Waals surface area (Å²) in [7, 11) is 0. The summed E-state index contributed by atoms with van der Waals surface area (Å²) in [6.07, 6.45) is 8.64. The van der Waals surface area contributed by atoms with Gasteiger partial charge in [-0.3, -0.25) is 9.78 Å². The summed E-state index contributed by atoms with van der Waals surface area (Å²) in [5.41, 5.74) is 1.95. The second-order valence-corrected chi connectivity index (χ2v) is 6.91. The van der Waals surface area contributed by atoms with Crippen LogP contribution in [0.15, 0.2) is 30.9 Å². The van der Waals surface area contributed by atoms with Gasteiger partial charge in [0.05, 0.1) is 48.0 Å². The smallest absolute Gasteiger partial charge is 0.223 e. The Kier molecular flexibility index (Phi) is 4.59. The number of anilines is 1. The minimum absolute atomic E-state index is 0.0659. The Bertz CT molecular complexity index is 753. The van der Waals surface area contributed by atoms with Crippen LogP contribution in [-0.2, 0) is 9.53 Å². The Labute approximate surface area is 150 Å². The Morgan fingerprint density at radius 3 is 2.68 bits per heavy atom. The maximum atomic E-state index is 12.3. The molecule has 0 atom stereocenters. The van der Waals surface area contributed by atoms with Crippen molar-refractivity contribution in [1.29, 1.82) is 0 Å². The molecule has 2 aromatic rings. The first-order valence-electron chi connectivity index (χ1n) is 8.48. The summed E-state index contributed by atoms with van der Waals surface area (Å²) in [6, 6.07) is 2.12. The van der Waals surface area contributed by atoms with Crippen molar-refractivity contribution in [3.8, 4) is 5.69 Å². The summed E-state index contributed by atoms with van der Waals surface area (Å²) in [4.78, 5) is 18.8. The van der Waals surface area contributed by atoms with Crippen LogP contribution in [0.5, 0.6) is 0 Å². The summed E-state index contributed by atoms with van der Waals surface area (Å²) < 4.78 is 6.87. The lowest BCUT2D eigenvalue weighted by Gasteiger charge is -2.35. The van der Waals surface area contributed by atoms with Crippen LogP contribution in [0, 0.1) is 5.92 Å². The fourth-order valence-electron chi connectivity index (χ4n) is 3.27. The highest BCUT2D eigenvalue weighted by Gasteiger charge is 2.29. The number of nitrogens with zero attached hydrogens (tertiary/aromatic N) is 4. The highest BCUT2D eigenvalue weighted by Crippen LogP contribution is 2.28. The molecule has 25 heavy (non-hydrogen) atoms. The Morgan fingerprint density at radius 2 is 2.04 bits per heavy atom. The topological polar surface area (TPSA) is 72.3 Å². The molecule has 8 heteroatoms. The van der Waals surface area contributed by atoms with Crippen LogP contribution >= 0.6 is 11.6 Å². The third kappa shape index (κ3) is 3.48. The van der Waals surface area contributed by atoms with E-state index in [2.05, 4.69) is 20.3 Å². The molecule has 1 N–H and O–H groups in total. The van der Waals surface area contributed by atoms with E-state index >= 15 is 0 Å². The molecular weight excluding hydrogens is 342 g/mol. The van der Waals surface area contributed by atoms with Gasteiger partial charge in [-0.05, 0) is 18.9 Å². The van der Waals surface area contributed by atoms with Crippen molar-refractivity contribution in [3.63, 3.8) is 0 Å². The van der Waals surface area contributed by atoms with Gasteiger partial charge in [-0.15, -0.1) is 0 Å². The molecule has 0 spiro atoms. The van der Waals surface area contributed by atoms with Crippen LogP contribution in [0.1, 0.15) is 12.8 Å². The average Bonchev–Trinajstić information content (AvgIpc) is 3.04. The van der Waals surface area contributed by atoms with Crippen LogP contribution in [0.25, 0.3) is 5.69 Å². The van der Waals surface area contributed by atoms with Crippen molar-refractivity contribution in [2.24, 2.45) is 5.92 Å². The first kappa shape index (κ1) is 16.4. The van der Waals surface area contributed by atoms with Crippen molar-refractivity contribution in [3.05, 3.63) is 35.9 Å². The summed E-state index contributed by atoms with van der Waals surface area (Å²) in [6.45, 7) is 2.89. The summed E-state index contributed by atoms with van der Waals surface area (Å²) in [5.74, 6) is 0.217. The normalized spacial score (nSPS) is 18.8. The third-order valence-electron chi connectivity index (χ3n) is 4.77. The molecule has 4 heterocycles. The van der Waals surface area contributed by atoms with Crippen LogP contribution in [0.2, 0.25) is 5.02 Å². The number of piperidine rings is 1. The zero-order chi connectivity index (χ0) is 17.2. The van der Waals surface area contributed by atoms with E-state index in [4.69, 9.17) is 16.3 Å². The van der Waals surface area contributed by atoms with E-state index < -0.39 is 0 Å². The molecule has 2 aromatic heterocycles. The Balaban J connectivity index is 1.43. The maximum absolute atomic E-state index is 12.3. The van der Waals surface area contributed by atoms with Gasteiger partial charge < -0.3 is 15.0 Å². The number of carbonyl (C=O) groups excluding carboxylic acids is 1. The molecular formula is C17H20ClN5O2. The van der Waals surface area contributed by atoms with Crippen LogP contribution < -0.4 is 10.2 Å². The lowest BCUT2D eigenvalue weighted by Crippen LogP contribution is -2.51. The largest absolute Gasteiger partial charge is 0.377 e. The van der Waals surface area contributed by atoms with Gasteiger partial charge in [0.25, 0.3) is 0 Å². The highest BCUT2D eigenvalue weighted by molar-refractivity contribution is 6.30. The SMILES string of the molecule is O=C(NC1COC1)C1CCN(c2cnccc2-n2cc(Cl)cn2)CC1. The molecule has 7 nitrogen and oxygen atoms in total. The van der Waals surface area contributed by atoms with Crippen LogP contribution in [-0.4, -0.2) is 53.0 Å². The molecule has 0 radical (unpaired) electrons. The average molecular weight is 362 g/mol. The summed E-state index contributed by atoms with van der Waals surface area (Å²) in [5, 5.41) is 7.94. The number of pyridine rings is 1. The van der Waals surface area contributed by atoms with Gasteiger partial charge in [0.2, 0.25) is 5.91 Å². The van der Waals surface area contributed by atoms with Gasteiger partial charge >= 0.3 is 0 Å². The first-order chi connectivity index (χ1) is 12.2. The van der Waals surface area contributed by atoms with Gasteiger partial charge in [-0.2, -0.15) is 5.10 Å². The lowest BCUT2D eigenvalue weighted by molar-refractivity contribution is -0.129. The van der Waals surface area contributed by atoms with Crippen LogP contribution in [0.3, 0.4) is 0 Å². The minimum atomic E-state index is 0.0659. The van der Waals surface area contributed by atoms with Crippen LogP contribution in [0.4, 0.5) is 5.69 Å². The molecule has 4 rings (SSSR count). The number of hydrogen-bond donors (Lipinski definition) is 1. The predicted octanol–water partition coefficient (Wildman–Crippen LogP) is 1.65. The fourth-order valence-corrected chi connectivity index (χ4v) is 3.41. The Hall–Kier alpha value is -2.12. The minimum Gasteiger partial charge on any atom is -0.377 e. The van der Waals surface area contributed by atoms with Crippen molar-refractivity contribution in [1.82, 2.24) is 20.1 Å². The van der Waals surface area contributed by atoms with E-state index in [1.807, 2.05) is 12.3 Å². The van der Waals surface area contributed by atoms with Crippen molar-refractivity contribution >= 4 is 23.2 Å². The number of amides is 1. The number of aromatic nitrogens is 3. The van der Waals surface area contributed by atoms with E-state index in [0.717, 1.165) is 37.3 Å². The molecule has 2 fully saturated rings. The van der Waals surface area contributed by atoms with Gasteiger partial charge in [0.1, 0.15) is 0 Å². The Morgan fingerprint density at radius 1 is 1.24 bits per heavy atom. The quantitative estimate of drug-likeness (QED) is 0.896. The standard InChI is InChI=1S/C17H20ClN5O2/c18-13-7-20-23(9-13)15-1-4-19-8-16(15)22-5-2-12(3-6-22)17(24)21-14-10-25-11-14/h1,4,7-9,12,14H,2-3,5-6,10-11H2,(H,21,24). The molecule has 132 valence electrons. The number of hydrogen-bond acceptors (Lipinski definition) is 5. The molecule has 0 unspecified atom stereocenters. The molecule has 0 aliphatic carbocycles. The second-order valence-electron chi connectivity index (χ2n) is 6.47. The maximum Gasteiger partial charge on any atom is 0.223 e. The first-order valence-corrected chi connectivity index (χ1v) is 8.86. The molecule has 2 aliphatic rings. The molecule has 1 amide bonds. The number of carbonyl (C=O) groups is 1. The molecule has 2 aliphatic heterocycles. The predicted molar refractivity (Wildman–Crippen MR) is 94.1 cm³/mol. The number of nitrogens with one attached hydrogen (secondary N) is 1. The molecule has 2 saturated heterocycles. The second kappa shape index (κ2) is 7.01. The molecule has 0 aromatic carbocycles. The zero-order valence-electron chi connectivity index (χ0n) is 13.8. The van der Waals surface area contributed by atoms with Crippen molar-refractivity contribution in [2.45, 2.75) is 18.9 Å². The van der Waals surface area contributed by atoms with Crippen molar-refractivity contribution in [2.75, 3.05) is 31.2 Å². The lowest BCUT2D eigenvalue weighted by atomic mass is 9.95. The number of halogens is 1. The van der Waals surface area contributed by atoms with E-state index in [1.54, 1.807) is 23.3 Å². The number of ether oxygens (including phenoxy) is 1. The summed E-state index contributed by atoms with van der Waals surface area (Å²) >= 11 is 5.99. The van der Waals surface area contributed by atoms with E-state index in [0.29, 0.717) is 18.2 Å². The molecule has 0 saturated carbocycles. The zero-order valence-corrected chi connectivity index (χ0v) is 14.5. The van der Waals surface area contributed by atoms with Gasteiger partial charge in [-0.1, -0.05) is 11.6 Å². The fraction of sp³-hybridized carbons (Fsp3) is 0.471. The number of rotatable bonds is 4. The van der Waals surface area contributed by atoms with E-state index in [-0.39, 0.29) is 17.9 Å².